The van der Waals surface area contributed by atoms with E-state index in [2.05, 4.69) is 41.2 Å². The van der Waals surface area contributed by atoms with Gasteiger partial charge in [0, 0.05) is 17.5 Å². The number of aromatic nitrogens is 2. The maximum Gasteiger partial charge on any atom is 0.133 e. The molecule has 1 N–H and O–H groups in total. The summed E-state index contributed by atoms with van der Waals surface area (Å²) in [4.78, 5) is 0. The number of anilines is 1. The SMILES string of the molecule is Cc1cccc(-n2nc(C34CC5CC(CC(C5)C3)C4)c3c2NCCCC3)c1. The lowest BCUT2D eigenvalue weighted by molar-refractivity contribution is -0.00773. The first-order chi connectivity index (χ1) is 13.2. The standard InChI is InChI=1S/C24H31N3/c1-16-5-4-6-20(9-16)27-23-21(7-2-3-8-25-23)22(26-27)24-13-17-10-18(14-24)12-19(11-17)15-24/h4-6,9,17-19,25H,2-3,7-8,10-15H2,1H3. The molecule has 0 amide bonds. The van der Waals surface area contributed by atoms with Crippen molar-refractivity contribution in [2.24, 2.45) is 17.8 Å². The summed E-state index contributed by atoms with van der Waals surface area (Å²) < 4.78 is 2.25. The zero-order chi connectivity index (χ0) is 18.0. The summed E-state index contributed by atoms with van der Waals surface area (Å²) in [6, 6.07) is 8.85. The highest BCUT2D eigenvalue weighted by molar-refractivity contribution is 5.56. The Morgan fingerprint density at radius 1 is 1.04 bits per heavy atom. The van der Waals surface area contributed by atoms with Crippen LogP contribution < -0.4 is 5.32 Å². The van der Waals surface area contributed by atoms with Crippen molar-refractivity contribution in [3.63, 3.8) is 0 Å². The molecule has 4 aliphatic carbocycles. The second-order valence-corrected chi connectivity index (χ2v) is 10.0. The third kappa shape index (κ3) is 2.50. The minimum absolute atomic E-state index is 0.375. The van der Waals surface area contributed by atoms with E-state index in [1.54, 1.807) is 5.56 Å². The first kappa shape index (κ1) is 16.2. The van der Waals surface area contributed by atoms with Crippen molar-refractivity contribution in [3.05, 3.63) is 41.1 Å². The van der Waals surface area contributed by atoms with Gasteiger partial charge in [0.05, 0.1) is 11.4 Å². The Bertz CT molecular complexity index is 842. The van der Waals surface area contributed by atoms with Gasteiger partial charge in [0.2, 0.25) is 0 Å². The minimum atomic E-state index is 0.375. The molecule has 5 aliphatic rings. The van der Waals surface area contributed by atoms with Crippen LogP contribution in [0.5, 0.6) is 0 Å². The Kier molecular flexibility index (Phi) is 3.52. The highest BCUT2D eigenvalue weighted by atomic mass is 15.3. The fourth-order valence-corrected chi connectivity index (χ4v) is 7.28. The van der Waals surface area contributed by atoms with Gasteiger partial charge in [-0.15, -0.1) is 0 Å². The number of nitrogens with one attached hydrogen (secondary N) is 1. The van der Waals surface area contributed by atoms with Gasteiger partial charge in [-0.05, 0) is 100 Å². The van der Waals surface area contributed by atoms with Gasteiger partial charge in [-0.3, -0.25) is 0 Å². The van der Waals surface area contributed by atoms with Crippen LogP contribution in [0.2, 0.25) is 0 Å². The van der Waals surface area contributed by atoms with Gasteiger partial charge in [-0.1, -0.05) is 12.1 Å². The van der Waals surface area contributed by atoms with Crippen LogP contribution in [0.25, 0.3) is 5.69 Å². The first-order valence-electron chi connectivity index (χ1n) is 11.1. The summed E-state index contributed by atoms with van der Waals surface area (Å²) in [5.41, 5.74) is 5.93. The summed E-state index contributed by atoms with van der Waals surface area (Å²) >= 11 is 0. The lowest BCUT2D eigenvalue weighted by atomic mass is 9.48. The van der Waals surface area contributed by atoms with E-state index in [1.165, 1.54) is 80.6 Å². The lowest BCUT2D eigenvalue weighted by Gasteiger charge is -2.56. The molecule has 0 radical (unpaired) electrons. The molecule has 0 atom stereocenters. The van der Waals surface area contributed by atoms with Crippen LogP contribution in [0.3, 0.4) is 0 Å². The van der Waals surface area contributed by atoms with Gasteiger partial charge < -0.3 is 5.32 Å². The van der Waals surface area contributed by atoms with Crippen LogP contribution in [0.15, 0.2) is 24.3 Å². The number of fused-ring (bicyclic) bond motifs is 1. The maximum atomic E-state index is 5.39. The third-order valence-corrected chi connectivity index (χ3v) is 7.92. The highest BCUT2D eigenvalue weighted by Gasteiger charge is 2.53. The second-order valence-electron chi connectivity index (χ2n) is 10.0. The molecular formula is C24H31N3. The molecule has 0 saturated heterocycles. The Balaban J connectivity index is 1.52. The molecule has 2 aromatic rings. The van der Waals surface area contributed by atoms with Gasteiger partial charge in [-0.25, -0.2) is 4.68 Å². The Morgan fingerprint density at radius 2 is 1.78 bits per heavy atom. The predicted molar refractivity (Wildman–Crippen MR) is 110 cm³/mol. The number of nitrogens with zero attached hydrogens (tertiary/aromatic N) is 2. The van der Waals surface area contributed by atoms with Gasteiger partial charge in [0.1, 0.15) is 5.82 Å². The first-order valence-corrected chi connectivity index (χ1v) is 11.1. The van der Waals surface area contributed by atoms with Gasteiger partial charge >= 0.3 is 0 Å². The molecule has 7 rings (SSSR count). The molecule has 1 aromatic heterocycles. The van der Waals surface area contributed by atoms with Crippen molar-refractivity contribution < 1.29 is 0 Å². The number of hydrogen-bond acceptors (Lipinski definition) is 2. The molecule has 4 saturated carbocycles. The zero-order valence-corrected chi connectivity index (χ0v) is 16.5. The van der Waals surface area contributed by atoms with Crippen molar-refractivity contribution in [1.29, 1.82) is 0 Å². The normalized spacial score (nSPS) is 34.2. The third-order valence-electron chi connectivity index (χ3n) is 7.92. The fourth-order valence-electron chi connectivity index (χ4n) is 7.28. The zero-order valence-electron chi connectivity index (χ0n) is 16.5. The van der Waals surface area contributed by atoms with E-state index in [4.69, 9.17) is 5.10 Å². The number of hydrogen-bond donors (Lipinski definition) is 1. The van der Waals surface area contributed by atoms with Gasteiger partial charge in [0.25, 0.3) is 0 Å². The van der Waals surface area contributed by atoms with E-state index in [0.29, 0.717) is 5.41 Å². The van der Waals surface area contributed by atoms with E-state index in [1.807, 2.05) is 0 Å². The molecule has 4 bridgehead atoms. The van der Waals surface area contributed by atoms with E-state index in [-0.39, 0.29) is 0 Å². The molecule has 3 nitrogen and oxygen atoms in total. The summed E-state index contributed by atoms with van der Waals surface area (Å²) in [6.45, 7) is 3.25. The van der Waals surface area contributed by atoms with Gasteiger partial charge in [0.15, 0.2) is 0 Å². The molecule has 27 heavy (non-hydrogen) atoms. The molecule has 3 heteroatoms. The highest BCUT2D eigenvalue weighted by Crippen LogP contribution is 2.61. The topological polar surface area (TPSA) is 29.9 Å². The molecule has 0 unspecified atom stereocenters. The summed E-state index contributed by atoms with van der Waals surface area (Å²) in [6.07, 6.45) is 12.4. The Labute approximate surface area is 162 Å². The molecule has 142 valence electrons. The van der Waals surface area contributed by atoms with Crippen molar-refractivity contribution in [2.45, 2.75) is 70.1 Å². The minimum Gasteiger partial charge on any atom is -0.370 e. The molecule has 4 fully saturated rings. The van der Waals surface area contributed by atoms with Crippen LogP contribution in [-0.4, -0.2) is 16.3 Å². The van der Waals surface area contributed by atoms with Crippen LogP contribution in [0.1, 0.15) is 68.2 Å². The molecule has 2 heterocycles. The van der Waals surface area contributed by atoms with E-state index < -0.39 is 0 Å². The average Bonchev–Trinajstić information content (AvgIpc) is 2.83. The summed E-state index contributed by atoms with van der Waals surface area (Å²) in [7, 11) is 0. The van der Waals surface area contributed by atoms with E-state index in [0.717, 1.165) is 24.3 Å². The van der Waals surface area contributed by atoms with Crippen LogP contribution in [-0.2, 0) is 11.8 Å². The van der Waals surface area contributed by atoms with Crippen molar-refractivity contribution >= 4 is 5.82 Å². The van der Waals surface area contributed by atoms with Gasteiger partial charge in [-0.2, -0.15) is 5.10 Å². The lowest BCUT2D eigenvalue weighted by Crippen LogP contribution is -2.49. The van der Waals surface area contributed by atoms with Crippen LogP contribution in [0, 0.1) is 24.7 Å². The molecule has 1 aliphatic heterocycles. The number of aryl methyl sites for hydroxylation is 1. The van der Waals surface area contributed by atoms with Crippen molar-refractivity contribution in [3.8, 4) is 5.69 Å². The Morgan fingerprint density at radius 3 is 2.48 bits per heavy atom. The summed E-state index contributed by atoms with van der Waals surface area (Å²) in [5.74, 6) is 4.20. The second kappa shape index (κ2) is 5.86. The van der Waals surface area contributed by atoms with Crippen molar-refractivity contribution in [2.75, 3.05) is 11.9 Å². The molecular weight excluding hydrogens is 330 g/mol. The van der Waals surface area contributed by atoms with Crippen LogP contribution in [0.4, 0.5) is 5.82 Å². The van der Waals surface area contributed by atoms with E-state index in [9.17, 15) is 0 Å². The van der Waals surface area contributed by atoms with E-state index >= 15 is 0 Å². The number of rotatable bonds is 2. The molecule has 1 aromatic carbocycles. The monoisotopic (exact) mass is 361 g/mol. The smallest absolute Gasteiger partial charge is 0.133 e. The summed E-state index contributed by atoms with van der Waals surface area (Å²) in [5, 5.41) is 9.15. The predicted octanol–water partition coefficient (Wildman–Crippen LogP) is 5.40. The molecule has 0 spiro atoms. The Hall–Kier alpha value is -1.77. The number of benzene rings is 1. The maximum absolute atomic E-state index is 5.39. The quantitative estimate of drug-likeness (QED) is 0.776. The fraction of sp³-hybridized carbons (Fsp3) is 0.625. The average molecular weight is 362 g/mol. The largest absolute Gasteiger partial charge is 0.370 e. The van der Waals surface area contributed by atoms with Crippen LogP contribution >= 0.6 is 0 Å². The van der Waals surface area contributed by atoms with Crippen molar-refractivity contribution in [1.82, 2.24) is 9.78 Å².